The molecule has 0 unspecified atom stereocenters. The van der Waals surface area contributed by atoms with Gasteiger partial charge >= 0.3 is 0 Å². The lowest BCUT2D eigenvalue weighted by Crippen LogP contribution is -2.48. The predicted molar refractivity (Wildman–Crippen MR) is 86.8 cm³/mol. The number of benzene rings is 1. The van der Waals surface area contributed by atoms with Gasteiger partial charge in [-0.05, 0) is 57.3 Å². The molecule has 0 aliphatic carbocycles. The number of methoxy groups -OCH3 is 1. The van der Waals surface area contributed by atoms with Crippen molar-refractivity contribution < 1.29 is 14.3 Å². The van der Waals surface area contributed by atoms with Crippen molar-refractivity contribution in [3.63, 3.8) is 0 Å². The molecule has 0 aliphatic rings. The minimum absolute atomic E-state index is 0.191. The molecule has 0 saturated heterocycles. The average Bonchev–Trinajstić information content (AvgIpc) is 2.37. The first-order chi connectivity index (χ1) is 9.81. The Bertz CT molecular complexity index is 481. The smallest absolute Gasteiger partial charge is 0.257 e. The molecule has 1 aromatic rings. The number of carbonyl (C=O) groups excluding carboxylic acids is 1. The first-order valence-corrected chi connectivity index (χ1v) is 7.08. The van der Waals surface area contributed by atoms with Crippen LogP contribution in [0.5, 0.6) is 5.75 Å². The van der Waals surface area contributed by atoms with E-state index in [2.05, 4.69) is 10.6 Å². The SMILES string of the molecule is COCCOc1ccc(C(=O)NC(=S)NC(C)(C)C)cc1. The van der Waals surface area contributed by atoms with Gasteiger partial charge in [-0.15, -0.1) is 0 Å². The molecule has 0 aromatic heterocycles. The molecule has 2 N–H and O–H groups in total. The van der Waals surface area contributed by atoms with Crippen molar-refractivity contribution in [1.29, 1.82) is 0 Å². The number of carbonyl (C=O) groups is 1. The van der Waals surface area contributed by atoms with Gasteiger partial charge in [-0.25, -0.2) is 0 Å². The Morgan fingerprint density at radius 1 is 1.19 bits per heavy atom. The van der Waals surface area contributed by atoms with Crippen LogP contribution in [0.15, 0.2) is 24.3 Å². The number of amides is 1. The summed E-state index contributed by atoms with van der Waals surface area (Å²) in [6.45, 7) is 6.91. The molecular weight excluding hydrogens is 288 g/mol. The summed E-state index contributed by atoms with van der Waals surface area (Å²) in [5, 5.41) is 5.98. The van der Waals surface area contributed by atoms with Crippen LogP contribution in [0.1, 0.15) is 31.1 Å². The molecule has 1 rings (SSSR count). The van der Waals surface area contributed by atoms with Gasteiger partial charge in [-0.1, -0.05) is 0 Å². The van der Waals surface area contributed by atoms with Crippen molar-refractivity contribution >= 4 is 23.2 Å². The number of hydrogen-bond acceptors (Lipinski definition) is 4. The van der Waals surface area contributed by atoms with Gasteiger partial charge in [0, 0.05) is 18.2 Å². The zero-order valence-corrected chi connectivity index (χ0v) is 13.7. The second kappa shape index (κ2) is 7.95. The van der Waals surface area contributed by atoms with E-state index in [1.165, 1.54) is 0 Å². The third kappa shape index (κ3) is 7.06. The molecule has 5 nitrogen and oxygen atoms in total. The quantitative estimate of drug-likeness (QED) is 0.644. The van der Waals surface area contributed by atoms with E-state index in [9.17, 15) is 4.79 Å². The fraction of sp³-hybridized carbons (Fsp3) is 0.467. The third-order valence-electron chi connectivity index (χ3n) is 2.39. The molecule has 0 fully saturated rings. The van der Waals surface area contributed by atoms with Gasteiger partial charge in [-0.2, -0.15) is 0 Å². The van der Waals surface area contributed by atoms with Gasteiger partial charge in [0.05, 0.1) is 6.61 Å². The second-order valence-electron chi connectivity index (χ2n) is 5.52. The van der Waals surface area contributed by atoms with Gasteiger partial charge in [0.2, 0.25) is 0 Å². The monoisotopic (exact) mass is 310 g/mol. The Balaban J connectivity index is 2.53. The predicted octanol–water partition coefficient (Wildman–Crippen LogP) is 2.11. The Kier molecular flexibility index (Phi) is 6.58. The summed E-state index contributed by atoms with van der Waals surface area (Å²) in [6, 6.07) is 6.87. The van der Waals surface area contributed by atoms with Crippen LogP contribution in [0, 0.1) is 0 Å². The first-order valence-electron chi connectivity index (χ1n) is 6.67. The minimum Gasteiger partial charge on any atom is -0.491 e. The summed E-state index contributed by atoms with van der Waals surface area (Å²) in [5.74, 6) is 0.444. The highest BCUT2D eigenvalue weighted by Gasteiger charge is 2.13. The van der Waals surface area contributed by atoms with Gasteiger partial charge < -0.3 is 14.8 Å². The van der Waals surface area contributed by atoms with Gasteiger partial charge in [0.15, 0.2) is 5.11 Å². The molecule has 0 spiro atoms. The van der Waals surface area contributed by atoms with Crippen LogP contribution in [0.2, 0.25) is 0 Å². The second-order valence-corrected chi connectivity index (χ2v) is 5.93. The van der Waals surface area contributed by atoms with Crippen LogP contribution in [0.3, 0.4) is 0 Å². The molecule has 116 valence electrons. The highest BCUT2D eigenvalue weighted by atomic mass is 32.1. The lowest BCUT2D eigenvalue weighted by atomic mass is 10.1. The normalized spacial score (nSPS) is 10.9. The molecular formula is C15H22N2O3S. The molecule has 0 bridgehead atoms. The number of hydrogen-bond donors (Lipinski definition) is 2. The lowest BCUT2D eigenvalue weighted by molar-refractivity contribution is 0.0976. The van der Waals surface area contributed by atoms with E-state index >= 15 is 0 Å². The topological polar surface area (TPSA) is 59.6 Å². The van der Waals surface area contributed by atoms with E-state index in [4.69, 9.17) is 21.7 Å². The fourth-order valence-electron chi connectivity index (χ4n) is 1.49. The molecule has 0 saturated carbocycles. The van der Waals surface area contributed by atoms with Crippen molar-refractivity contribution in [2.45, 2.75) is 26.3 Å². The van der Waals surface area contributed by atoms with Gasteiger partial charge in [0.25, 0.3) is 5.91 Å². The number of rotatable bonds is 5. The number of nitrogens with one attached hydrogen (secondary N) is 2. The van der Waals surface area contributed by atoms with E-state index in [0.717, 1.165) is 0 Å². The Hall–Kier alpha value is -1.66. The molecule has 0 radical (unpaired) electrons. The zero-order valence-electron chi connectivity index (χ0n) is 12.9. The van der Waals surface area contributed by atoms with Crippen LogP contribution in [-0.2, 0) is 4.74 Å². The fourth-order valence-corrected chi connectivity index (χ4v) is 1.89. The van der Waals surface area contributed by atoms with Crippen molar-refractivity contribution in [1.82, 2.24) is 10.6 Å². The maximum absolute atomic E-state index is 12.0. The summed E-state index contributed by atoms with van der Waals surface area (Å²) in [6.07, 6.45) is 0. The molecule has 0 aliphatic heterocycles. The summed E-state index contributed by atoms with van der Waals surface area (Å²) in [5.41, 5.74) is 0.329. The molecule has 21 heavy (non-hydrogen) atoms. The van der Waals surface area contributed by atoms with Gasteiger partial charge in [0.1, 0.15) is 12.4 Å². The van der Waals surface area contributed by atoms with E-state index in [0.29, 0.717) is 29.6 Å². The maximum Gasteiger partial charge on any atom is 0.257 e. The third-order valence-corrected chi connectivity index (χ3v) is 2.59. The highest BCUT2D eigenvalue weighted by Crippen LogP contribution is 2.12. The lowest BCUT2D eigenvalue weighted by Gasteiger charge is -2.22. The molecule has 6 heteroatoms. The van der Waals surface area contributed by atoms with Crippen LogP contribution < -0.4 is 15.4 Å². The van der Waals surface area contributed by atoms with Gasteiger partial charge in [-0.3, -0.25) is 10.1 Å². The summed E-state index contributed by atoms with van der Waals surface area (Å²) < 4.78 is 10.3. The largest absolute Gasteiger partial charge is 0.491 e. The molecule has 1 amide bonds. The highest BCUT2D eigenvalue weighted by molar-refractivity contribution is 7.80. The zero-order chi connectivity index (χ0) is 15.9. The van der Waals surface area contributed by atoms with Crippen molar-refractivity contribution in [2.75, 3.05) is 20.3 Å². The summed E-state index contributed by atoms with van der Waals surface area (Å²) >= 11 is 5.09. The molecule has 0 heterocycles. The van der Waals surface area contributed by atoms with Crippen molar-refractivity contribution in [3.05, 3.63) is 29.8 Å². The maximum atomic E-state index is 12.0. The van der Waals surface area contributed by atoms with E-state index in [-0.39, 0.29) is 11.4 Å². The Morgan fingerprint density at radius 2 is 1.81 bits per heavy atom. The average molecular weight is 310 g/mol. The number of ether oxygens (including phenoxy) is 2. The summed E-state index contributed by atoms with van der Waals surface area (Å²) in [7, 11) is 1.62. The molecule has 1 aromatic carbocycles. The summed E-state index contributed by atoms with van der Waals surface area (Å²) in [4.78, 5) is 12.0. The van der Waals surface area contributed by atoms with Crippen molar-refractivity contribution in [3.8, 4) is 5.75 Å². The van der Waals surface area contributed by atoms with Crippen molar-refractivity contribution in [2.24, 2.45) is 0 Å². The van der Waals surface area contributed by atoms with Crippen LogP contribution in [0.25, 0.3) is 0 Å². The minimum atomic E-state index is -0.250. The van der Waals surface area contributed by atoms with Crippen LogP contribution in [-0.4, -0.2) is 36.9 Å². The van der Waals surface area contributed by atoms with Crippen LogP contribution >= 0.6 is 12.2 Å². The van der Waals surface area contributed by atoms with E-state index in [1.807, 2.05) is 20.8 Å². The first kappa shape index (κ1) is 17.4. The standard InChI is InChI=1S/C15H22N2O3S/c1-15(2,3)17-14(21)16-13(18)11-5-7-12(8-6-11)20-10-9-19-4/h5-8H,9-10H2,1-4H3,(H2,16,17,18,21). The Morgan fingerprint density at radius 3 is 2.33 bits per heavy atom. The Labute approximate surface area is 131 Å². The van der Waals surface area contributed by atoms with E-state index in [1.54, 1.807) is 31.4 Å². The van der Waals surface area contributed by atoms with E-state index < -0.39 is 0 Å². The van der Waals surface area contributed by atoms with Crippen LogP contribution in [0.4, 0.5) is 0 Å². The number of thiocarbonyl (C=S) groups is 1. The molecule has 0 atom stereocenters.